The Balaban J connectivity index is 1.63. The molecule has 0 aliphatic carbocycles. The zero-order valence-electron chi connectivity index (χ0n) is 15.0. The standard InChI is InChI=1S/C20H23N5O/c1-15(2)17-3-5-18(6-4-17)24-20(26)25-14-22-12-9-19(25)23-13-16-7-10-21-11-8-16/h3-12,15,23H,13-14H2,1-2H3,(H,24,26). The summed E-state index contributed by atoms with van der Waals surface area (Å²) in [5.41, 5.74) is 3.10. The van der Waals surface area contributed by atoms with E-state index in [0.717, 1.165) is 11.3 Å². The van der Waals surface area contributed by atoms with Crippen LogP contribution in [0.4, 0.5) is 10.5 Å². The van der Waals surface area contributed by atoms with Gasteiger partial charge in [0.15, 0.2) is 0 Å². The van der Waals surface area contributed by atoms with E-state index in [0.29, 0.717) is 18.3 Å². The van der Waals surface area contributed by atoms with Crippen molar-refractivity contribution >= 4 is 17.9 Å². The van der Waals surface area contributed by atoms with Gasteiger partial charge in [0.25, 0.3) is 0 Å². The summed E-state index contributed by atoms with van der Waals surface area (Å²) in [5, 5.41) is 6.21. The zero-order chi connectivity index (χ0) is 18.4. The first-order valence-corrected chi connectivity index (χ1v) is 8.65. The largest absolute Gasteiger partial charge is 0.367 e. The van der Waals surface area contributed by atoms with E-state index in [2.05, 4.69) is 34.5 Å². The van der Waals surface area contributed by atoms with Crippen LogP contribution >= 0.6 is 0 Å². The topological polar surface area (TPSA) is 69.6 Å². The van der Waals surface area contributed by atoms with Crippen molar-refractivity contribution in [2.45, 2.75) is 26.3 Å². The van der Waals surface area contributed by atoms with Crippen LogP contribution in [0.25, 0.3) is 0 Å². The van der Waals surface area contributed by atoms with Gasteiger partial charge in [0, 0.05) is 30.8 Å². The first kappa shape index (κ1) is 17.7. The quantitative estimate of drug-likeness (QED) is 0.864. The van der Waals surface area contributed by atoms with Gasteiger partial charge in [-0.25, -0.2) is 4.79 Å². The van der Waals surface area contributed by atoms with Crippen molar-refractivity contribution in [3.8, 4) is 0 Å². The third-order valence-electron chi connectivity index (χ3n) is 4.15. The molecular weight excluding hydrogens is 326 g/mol. The molecule has 0 bridgehead atoms. The molecule has 2 N–H and O–H groups in total. The highest BCUT2D eigenvalue weighted by molar-refractivity contribution is 5.91. The van der Waals surface area contributed by atoms with E-state index in [9.17, 15) is 4.79 Å². The Hall–Kier alpha value is -3.15. The van der Waals surface area contributed by atoms with E-state index in [1.165, 1.54) is 5.56 Å². The molecule has 6 heteroatoms. The minimum absolute atomic E-state index is 0.215. The van der Waals surface area contributed by atoms with E-state index in [4.69, 9.17) is 0 Å². The van der Waals surface area contributed by atoms with Gasteiger partial charge in [-0.05, 0) is 47.4 Å². The van der Waals surface area contributed by atoms with E-state index >= 15 is 0 Å². The molecule has 6 nitrogen and oxygen atoms in total. The number of anilines is 1. The van der Waals surface area contributed by atoms with Gasteiger partial charge in [-0.15, -0.1) is 0 Å². The molecule has 0 saturated carbocycles. The first-order valence-electron chi connectivity index (χ1n) is 8.65. The molecule has 134 valence electrons. The molecule has 1 aliphatic heterocycles. The van der Waals surface area contributed by atoms with Crippen LogP contribution in [-0.4, -0.2) is 28.8 Å². The molecule has 1 aromatic carbocycles. The summed E-state index contributed by atoms with van der Waals surface area (Å²) in [4.78, 5) is 22.4. The first-order chi connectivity index (χ1) is 12.6. The summed E-state index contributed by atoms with van der Waals surface area (Å²) in [7, 11) is 0. The van der Waals surface area contributed by atoms with Crippen LogP contribution in [0.15, 0.2) is 65.7 Å². The summed E-state index contributed by atoms with van der Waals surface area (Å²) >= 11 is 0. The van der Waals surface area contributed by atoms with E-state index in [-0.39, 0.29) is 12.7 Å². The van der Waals surface area contributed by atoms with Crippen molar-refractivity contribution in [3.05, 3.63) is 71.8 Å². The van der Waals surface area contributed by atoms with Crippen LogP contribution in [0.1, 0.15) is 30.9 Å². The molecule has 1 aromatic heterocycles. The molecule has 1 aliphatic rings. The van der Waals surface area contributed by atoms with Crippen LogP contribution in [0, 0.1) is 0 Å². The summed E-state index contributed by atoms with van der Waals surface area (Å²) in [5.74, 6) is 1.18. The van der Waals surface area contributed by atoms with Crippen molar-refractivity contribution in [2.75, 3.05) is 12.0 Å². The van der Waals surface area contributed by atoms with Gasteiger partial charge in [-0.3, -0.25) is 14.9 Å². The number of benzene rings is 1. The Bertz CT molecular complexity index is 797. The fourth-order valence-electron chi connectivity index (χ4n) is 2.58. The molecule has 0 spiro atoms. The molecule has 0 fully saturated rings. The maximum Gasteiger partial charge on any atom is 0.329 e. The highest BCUT2D eigenvalue weighted by Gasteiger charge is 2.19. The Morgan fingerprint density at radius 3 is 2.58 bits per heavy atom. The number of aliphatic imine (C=N–C) groups is 1. The van der Waals surface area contributed by atoms with Gasteiger partial charge < -0.3 is 10.6 Å². The van der Waals surface area contributed by atoms with Gasteiger partial charge in [-0.1, -0.05) is 26.0 Å². The Kier molecular flexibility index (Phi) is 5.63. The van der Waals surface area contributed by atoms with Gasteiger partial charge in [0.1, 0.15) is 12.5 Å². The van der Waals surface area contributed by atoms with E-state index in [1.807, 2.05) is 36.4 Å². The van der Waals surface area contributed by atoms with Crippen molar-refractivity contribution in [1.82, 2.24) is 15.2 Å². The predicted molar refractivity (Wildman–Crippen MR) is 104 cm³/mol. The maximum atomic E-state index is 12.7. The minimum atomic E-state index is -0.215. The number of aromatic nitrogens is 1. The number of amides is 2. The molecule has 3 rings (SSSR count). The van der Waals surface area contributed by atoms with Gasteiger partial charge >= 0.3 is 6.03 Å². The van der Waals surface area contributed by atoms with Crippen molar-refractivity contribution in [2.24, 2.45) is 4.99 Å². The molecule has 2 heterocycles. The molecule has 0 saturated heterocycles. The maximum absolute atomic E-state index is 12.7. The normalized spacial score (nSPS) is 13.5. The highest BCUT2D eigenvalue weighted by atomic mass is 16.2. The molecular formula is C20H23N5O. The average molecular weight is 349 g/mol. The Morgan fingerprint density at radius 2 is 1.88 bits per heavy atom. The number of carbonyl (C=O) groups is 1. The van der Waals surface area contributed by atoms with Crippen LogP contribution in [0.2, 0.25) is 0 Å². The molecule has 26 heavy (non-hydrogen) atoms. The van der Waals surface area contributed by atoms with Crippen LogP contribution in [0.5, 0.6) is 0 Å². The summed E-state index contributed by atoms with van der Waals surface area (Å²) in [6, 6.07) is 11.6. The fourth-order valence-corrected chi connectivity index (χ4v) is 2.58. The number of nitrogens with one attached hydrogen (secondary N) is 2. The van der Waals surface area contributed by atoms with E-state index < -0.39 is 0 Å². The van der Waals surface area contributed by atoms with E-state index in [1.54, 1.807) is 29.6 Å². The van der Waals surface area contributed by atoms with Gasteiger partial charge in [0.2, 0.25) is 0 Å². The summed E-state index contributed by atoms with van der Waals surface area (Å²) in [6.07, 6.45) is 7.00. The average Bonchev–Trinajstić information content (AvgIpc) is 2.68. The number of hydrogen-bond acceptors (Lipinski definition) is 4. The van der Waals surface area contributed by atoms with Crippen LogP contribution < -0.4 is 10.6 Å². The fraction of sp³-hybridized carbons (Fsp3) is 0.250. The highest BCUT2D eigenvalue weighted by Crippen LogP contribution is 2.18. The van der Waals surface area contributed by atoms with Crippen molar-refractivity contribution in [1.29, 1.82) is 0 Å². The predicted octanol–water partition coefficient (Wildman–Crippen LogP) is 3.71. The lowest BCUT2D eigenvalue weighted by Gasteiger charge is -2.26. The SMILES string of the molecule is CC(C)c1ccc(NC(=O)N2CN=CC=C2NCc2ccncc2)cc1. The number of carbonyl (C=O) groups excluding carboxylic acids is 1. The lowest BCUT2D eigenvalue weighted by molar-refractivity contribution is 0.222. The second-order valence-electron chi connectivity index (χ2n) is 6.37. The number of hydrogen-bond donors (Lipinski definition) is 2. The van der Waals surface area contributed by atoms with Crippen molar-refractivity contribution < 1.29 is 4.79 Å². The van der Waals surface area contributed by atoms with Gasteiger partial charge in [-0.2, -0.15) is 0 Å². The van der Waals surface area contributed by atoms with Crippen molar-refractivity contribution in [3.63, 3.8) is 0 Å². The monoisotopic (exact) mass is 349 g/mol. The minimum Gasteiger partial charge on any atom is -0.367 e. The lowest BCUT2D eigenvalue weighted by atomic mass is 10.0. The smallest absolute Gasteiger partial charge is 0.329 e. The lowest BCUT2D eigenvalue weighted by Crippen LogP contribution is -2.40. The molecule has 0 radical (unpaired) electrons. The van der Waals surface area contributed by atoms with Crippen LogP contribution in [-0.2, 0) is 6.54 Å². The second-order valence-corrected chi connectivity index (χ2v) is 6.37. The third-order valence-corrected chi connectivity index (χ3v) is 4.15. The number of rotatable bonds is 5. The molecule has 2 aromatic rings. The summed E-state index contributed by atoms with van der Waals surface area (Å²) in [6.45, 7) is 5.18. The second kappa shape index (κ2) is 8.29. The number of urea groups is 1. The molecule has 0 unspecified atom stereocenters. The molecule has 2 amide bonds. The number of nitrogens with zero attached hydrogens (tertiary/aromatic N) is 3. The molecule has 0 atom stereocenters. The summed E-state index contributed by atoms with van der Waals surface area (Å²) < 4.78 is 0. The van der Waals surface area contributed by atoms with Gasteiger partial charge in [0.05, 0.1) is 0 Å². The zero-order valence-corrected chi connectivity index (χ0v) is 15.0. The van der Waals surface area contributed by atoms with Crippen LogP contribution in [0.3, 0.4) is 0 Å². The third kappa shape index (κ3) is 4.47. The Labute approximate surface area is 153 Å². The number of allylic oxidation sites excluding steroid dienone is 1. The number of pyridine rings is 1. The Morgan fingerprint density at radius 1 is 1.15 bits per heavy atom.